The summed E-state index contributed by atoms with van der Waals surface area (Å²) in [6.45, 7) is 0. The van der Waals surface area contributed by atoms with E-state index in [2.05, 4.69) is 9.97 Å². The van der Waals surface area contributed by atoms with Gasteiger partial charge in [0.25, 0.3) is 0 Å². The molecule has 0 saturated carbocycles. The van der Waals surface area contributed by atoms with Gasteiger partial charge in [-0.15, -0.1) is 0 Å². The predicted molar refractivity (Wildman–Crippen MR) is 74.5 cm³/mol. The van der Waals surface area contributed by atoms with E-state index in [1.165, 1.54) is 0 Å². The van der Waals surface area contributed by atoms with Crippen LogP contribution < -0.4 is 5.73 Å². The molecule has 0 aliphatic carbocycles. The molecular formula is C14H11N3S. The Morgan fingerprint density at radius 3 is 2.78 bits per heavy atom. The van der Waals surface area contributed by atoms with Crippen LogP contribution in [-0.4, -0.2) is 9.97 Å². The van der Waals surface area contributed by atoms with E-state index >= 15 is 0 Å². The number of nitrogens with two attached hydrogens (primary N) is 1. The molecule has 88 valence electrons. The molecule has 0 aliphatic rings. The molecule has 3 rings (SSSR count). The fourth-order valence-electron chi connectivity index (χ4n) is 1.78. The van der Waals surface area contributed by atoms with Crippen molar-refractivity contribution in [2.24, 2.45) is 0 Å². The lowest BCUT2D eigenvalue weighted by Gasteiger charge is -2.07. The summed E-state index contributed by atoms with van der Waals surface area (Å²) in [7, 11) is 0. The molecule has 2 N–H and O–H groups in total. The molecule has 0 radical (unpaired) electrons. The molecule has 18 heavy (non-hydrogen) atoms. The molecule has 0 amide bonds. The van der Waals surface area contributed by atoms with E-state index in [0.717, 1.165) is 26.4 Å². The maximum Gasteiger partial charge on any atom is 0.101 e. The van der Waals surface area contributed by atoms with Crippen LogP contribution >= 0.6 is 11.8 Å². The summed E-state index contributed by atoms with van der Waals surface area (Å²) in [6, 6.07) is 11.8. The predicted octanol–water partition coefficient (Wildman–Crippen LogP) is 3.36. The van der Waals surface area contributed by atoms with E-state index in [4.69, 9.17) is 5.73 Å². The van der Waals surface area contributed by atoms with Crippen molar-refractivity contribution in [1.82, 2.24) is 9.97 Å². The summed E-state index contributed by atoms with van der Waals surface area (Å²) in [5.74, 6) is 0. The number of fused-ring (bicyclic) bond motifs is 1. The summed E-state index contributed by atoms with van der Waals surface area (Å²) < 4.78 is 0. The van der Waals surface area contributed by atoms with Gasteiger partial charge in [0.05, 0.1) is 5.69 Å². The van der Waals surface area contributed by atoms with Gasteiger partial charge in [-0.1, -0.05) is 23.9 Å². The van der Waals surface area contributed by atoms with Gasteiger partial charge in [0.2, 0.25) is 0 Å². The average molecular weight is 253 g/mol. The van der Waals surface area contributed by atoms with Crippen LogP contribution in [0.1, 0.15) is 0 Å². The summed E-state index contributed by atoms with van der Waals surface area (Å²) in [4.78, 5) is 9.40. The first-order valence-electron chi connectivity index (χ1n) is 5.56. The topological polar surface area (TPSA) is 51.8 Å². The van der Waals surface area contributed by atoms with Crippen molar-refractivity contribution in [3.05, 3.63) is 55.0 Å². The molecule has 0 aliphatic heterocycles. The van der Waals surface area contributed by atoms with E-state index in [9.17, 15) is 0 Å². The lowest BCUT2D eigenvalue weighted by atomic mass is 10.1. The minimum atomic E-state index is 0.783. The summed E-state index contributed by atoms with van der Waals surface area (Å²) in [6.07, 6.45) is 5.36. The Morgan fingerprint density at radius 1 is 1.00 bits per heavy atom. The largest absolute Gasteiger partial charge is 0.397 e. The van der Waals surface area contributed by atoms with Crippen LogP contribution in [-0.2, 0) is 0 Å². The molecule has 1 aromatic carbocycles. The van der Waals surface area contributed by atoms with Crippen molar-refractivity contribution in [2.75, 3.05) is 5.73 Å². The van der Waals surface area contributed by atoms with Crippen molar-refractivity contribution < 1.29 is 0 Å². The van der Waals surface area contributed by atoms with Gasteiger partial charge in [0.15, 0.2) is 0 Å². The van der Waals surface area contributed by atoms with Crippen molar-refractivity contribution in [2.45, 2.75) is 9.92 Å². The highest BCUT2D eigenvalue weighted by atomic mass is 32.2. The first kappa shape index (κ1) is 11.0. The Bertz CT molecular complexity index is 683. The highest BCUT2D eigenvalue weighted by molar-refractivity contribution is 7.99. The van der Waals surface area contributed by atoms with Gasteiger partial charge in [-0.05, 0) is 24.3 Å². The van der Waals surface area contributed by atoms with Crippen molar-refractivity contribution in [1.29, 1.82) is 0 Å². The van der Waals surface area contributed by atoms with Crippen molar-refractivity contribution >= 4 is 28.2 Å². The molecule has 0 atom stereocenters. The third kappa shape index (κ3) is 2.02. The quantitative estimate of drug-likeness (QED) is 0.711. The van der Waals surface area contributed by atoms with Gasteiger partial charge < -0.3 is 5.73 Å². The van der Waals surface area contributed by atoms with Crippen LogP contribution in [0.2, 0.25) is 0 Å². The van der Waals surface area contributed by atoms with Crippen molar-refractivity contribution in [3.63, 3.8) is 0 Å². The lowest BCUT2D eigenvalue weighted by Crippen LogP contribution is -1.91. The summed E-state index contributed by atoms with van der Waals surface area (Å²) >= 11 is 1.57. The molecule has 0 saturated heterocycles. The molecule has 2 heterocycles. The van der Waals surface area contributed by atoms with Crippen LogP contribution in [0.3, 0.4) is 0 Å². The zero-order chi connectivity index (χ0) is 12.4. The Hall–Kier alpha value is -2.07. The van der Waals surface area contributed by atoms with Crippen LogP contribution in [0.5, 0.6) is 0 Å². The smallest absolute Gasteiger partial charge is 0.101 e. The Morgan fingerprint density at radius 2 is 1.94 bits per heavy atom. The number of benzene rings is 1. The Balaban J connectivity index is 2.05. The molecule has 0 spiro atoms. The molecular weight excluding hydrogens is 242 g/mol. The molecule has 3 aromatic rings. The van der Waals surface area contributed by atoms with E-state index in [1.807, 2.05) is 42.6 Å². The number of aromatic nitrogens is 2. The maximum absolute atomic E-state index is 6.19. The molecule has 0 fully saturated rings. The highest BCUT2D eigenvalue weighted by Gasteiger charge is 2.06. The monoisotopic (exact) mass is 253 g/mol. The third-order valence-corrected chi connectivity index (χ3v) is 3.70. The number of nitrogen functional groups attached to an aromatic ring is 1. The number of pyridine rings is 2. The first-order valence-corrected chi connectivity index (χ1v) is 6.37. The van der Waals surface area contributed by atoms with Crippen LogP contribution in [0.4, 0.5) is 5.69 Å². The molecule has 3 nitrogen and oxygen atoms in total. The SMILES string of the molecule is Nc1c(Sc2ccccn2)ccc2cnccc12. The second-order valence-electron chi connectivity index (χ2n) is 3.84. The zero-order valence-electron chi connectivity index (χ0n) is 9.58. The summed E-state index contributed by atoms with van der Waals surface area (Å²) in [5, 5.41) is 3.03. The Kier molecular flexibility index (Phi) is 2.86. The van der Waals surface area contributed by atoms with E-state index < -0.39 is 0 Å². The highest BCUT2D eigenvalue weighted by Crippen LogP contribution is 2.34. The normalized spacial score (nSPS) is 10.7. The minimum Gasteiger partial charge on any atom is -0.397 e. The van der Waals surface area contributed by atoms with Crippen LogP contribution in [0.15, 0.2) is 64.9 Å². The van der Waals surface area contributed by atoms with Gasteiger partial charge in [-0.25, -0.2) is 4.98 Å². The van der Waals surface area contributed by atoms with E-state index in [0.29, 0.717) is 0 Å². The third-order valence-electron chi connectivity index (χ3n) is 2.67. The van der Waals surface area contributed by atoms with Gasteiger partial charge in [-0.3, -0.25) is 4.98 Å². The van der Waals surface area contributed by atoms with Gasteiger partial charge in [0.1, 0.15) is 5.03 Å². The molecule has 4 heteroatoms. The summed E-state index contributed by atoms with van der Waals surface area (Å²) in [5.41, 5.74) is 6.97. The Labute approximate surface area is 109 Å². The van der Waals surface area contributed by atoms with E-state index in [-0.39, 0.29) is 0 Å². The fraction of sp³-hybridized carbons (Fsp3) is 0. The van der Waals surface area contributed by atoms with Crippen LogP contribution in [0, 0.1) is 0 Å². The zero-order valence-corrected chi connectivity index (χ0v) is 10.4. The number of anilines is 1. The number of hydrogen-bond donors (Lipinski definition) is 1. The molecule has 2 aromatic heterocycles. The molecule has 0 bridgehead atoms. The second kappa shape index (κ2) is 4.66. The van der Waals surface area contributed by atoms with Gasteiger partial charge in [0, 0.05) is 34.3 Å². The number of hydrogen-bond acceptors (Lipinski definition) is 4. The number of nitrogens with zero attached hydrogens (tertiary/aromatic N) is 2. The van der Waals surface area contributed by atoms with Crippen molar-refractivity contribution in [3.8, 4) is 0 Å². The minimum absolute atomic E-state index is 0.783. The number of rotatable bonds is 2. The average Bonchev–Trinajstić information content (AvgIpc) is 2.43. The first-order chi connectivity index (χ1) is 8.84. The van der Waals surface area contributed by atoms with Crippen LogP contribution in [0.25, 0.3) is 10.8 Å². The van der Waals surface area contributed by atoms with Gasteiger partial charge >= 0.3 is 0 Å². The van der Waals surface area contributed by atoms with Gasteiger partial charge in [-0.2, -0.15) is 0 Å². The lowest BCUT2D eigenvalue weighted by molar-refractivity contribution is 1.13. The van der Waals surface area contributed by atoms with E-state index in [1.54, 1.807) is 24.2 Å². The second-order valence-corrected chi connectivity index (χ2v) is 4.91. The maximum atomic E-state index is 6.19. The standard InChI is InChI=1S/C14H11N3S/c15-14-11-6-8-16-9-10(11)4-5-12(14)18-13-3-1-2-7-17-13/h1-9H,15H2. The molecule has 0 unspecified atom stereocenters. The fourth-order valence-corrected chi connectivity index (χ4v) is 2.62.